The Morgan fingerprint density at radius 2 is 2.17 bits per heavy atom. The van der Waals surface area contributed by atoms with E-state index in [2.05, 4.69) is 0 Å². The maximum Gasteiger partial charge on any atom is 0.454 e. The Balaban J connectivity index is 2.39. The van der Waals surface area contributed by atoms with Crippen molar-refractivity contribution in [1.82, 2.24) is 0 Å². The highest BCUT2D eigenvalue weighted by Gasteiger charge is 2.33. The minimum atomic E-state index is -1.42. The highest BCUT2D eigenvalue weighted by atomic mass is 16.4. The molecular formula is C3H7BO2. The molecule has 3 heteroatoms. The van der Waals surface area contributed by atoms with Gasteiger partial charge in [-0.1, -0.05) is 12.8 Å². The summed E-state index contributed by atoms with van der Waals surface area (Å²) < 4.78 is 7.00. The maximum absolute atomic E-state index is 8.32. The van der Waals surface area contributed by atoms with Crippen LogP contribution in [0.5, 0.6) is 0 Å². The summed E-state index contributed by atoms with van der Waals surface area (Å²) >= 11 is 0. The SMILES string of the molecule is [2H]C1(B(O)O)CC1. The van der Waals surface area contributed by atoms with Crippen LogP contribution in [0.3, 0.4) is 0 Å². The zero-order chi connectivity index (χ0) is 5.49. The predicted octanol–water partition coefficient (Wildman–Crippen LogP) is -0.377. The number of hydrogen-bond donors (Lipinski definition) is 2. The van der Waals surface area contributed by atoms with Crippen molar-refractivity contribution in [1.29, 1.82) is 0 Å². The second-order valence-electron chi connectivity index (χ2n) is 1.53. The van der Waals surface area contributed by atoms with Gasteiger partial charge in [-0.2, -0.15) is 0 Å². The van der Waals surface area contributed by atoms with Crippen LogP contribution in [0.4, 0.5) is 0 Å². The molecule has 1 rings (SSSR count). The molecule has 34 valence electrons. The Hall–Kier alpha value is -0.0151. The Bertz CT molecular complexity index is 81.0. The van der Waals surface area contributed by atoms with Crippen molar-refractivity contribution < 1.29 is 11.4 Å². The van der Waals surface area contributed by atoms with Crippen LogP contribution in [0.1, 0.15) is 14.2 Å². The van der Waals surface area contributed by atoms with Crippen molar-refractivity contribution in [2.24, 2.45) is 0 Å². The minimum Gasteiger partial charge on any atom is -0.427 e. The highest BCUT2D eigenvalue weighted by Crippen LogP contribution is 2.36. The van der Waals surface area contributed by atoms with Gasteiger partial charge in [0, 0.05) is 1.37 Å². The summed E-state index contributed by atoms with van der Waals surface area (Å²) in [5.74, 6) is -0.889. The number of hydrogen-bond acceptors (Lipinski definition) is 2. The quantitative estimate of drug-likeness (QED) is 0.428. The zero-order valence-corrected chi connectivity index (χ0v) is 3.39. The molecule has 0 aromatic rings. The van der Waals surface area contributed by atoms with Crippen molar-refractivity contribution in [2.75, 3.05) is 0 Å². The minimum absolute atomic E-state index is 0.630. The van der Waals surface area contributed by atoms with Crippen molar-refractivity contribution >= 4 is 7.12 Å². The summed E-state index contributed by atoms with van der Waals surface area (Å²) in [4.78, 5) is 0. The Morgan fingerprint density at radius 3 is 2.17 bits per heavy atom. The molecule has 0 saturated heterocycles. The van der Waals surface area contributed by atoms with Crippen LogP contribution in [0.2, 0.25) is 5.79 Å². The zero-order valence-electron chi connectivity index (χ0n) is 4.39. The van der Waals surface area contributed by atoms with Gasteiger partial charge < -0.3 is 10.0 Å². The average Bonchev–Trinajstić information content (AvgIpc) is 2.21. The molecule has 1 aliphatic rings. The van der Waals surface area contributed by atoms with Gasteiger partial charge >= 0.3 is 7.12 Å². The summed E-state index contributed by atoms with van der Waals surface area (Å²) in [5, 5.41) is 16.6. The molecule has 0 amide bonds. The fraction of sp³-hybridized carbons (Fsp3) is 1.00. The smallest absolute Gasteiger partial charge is 0.427 e. The van der Waals surface area contributed by atoms with Crippen LogP contribution in [0.15, 0.2) is 0 Å². The second kappa shape index (κ2) is 1.24. The standard InChI is InChI=1S/C3H7BO2/c5-4(6)3-1-2-3/h3,5-6H,1-2H2/i3D. The first kappa shape index (κ1) is 3.05. The van der Waals surface area contributed by atoms with Crippen molar-refractivity contribution in [3.05, 3.63) is 0 Å². The molecule has 0 aliphatic heterocycles. The topological polar surface area (TPSA) is 40.5 Å². The van der Waals surface area contributed by atoms with E-state index in [1.165, 1.54) is 0 Å². The van der Waals surface area contributed by atoms with Crippen LogP contribution < -0.4 is 0 Å². The molecule has 6 heavy (non-hydrogen) atoms. The normalized spacial score (nSPS) is 28.7. The molecule has 0 radical (unpaired) electrons. The highest BCUT2D eigenvalue weighted by molar-refractivity contribution is 6.44. The Morgan fingerprint density at radius 1 is 1.67 bits per heavy atom. The molecule has 0 aromatic carbocycles. The third kappa shape index (κ3) is 0.728. The molecule has 2 nitrogen and oxygen atoms in total. The first-order valence-electron chi connectivity index (χ1n) is 2.51. The summed E-state index contributed by atoms with van der Waals surface area (Å²) in [5.41, 5.74) is 0. The van der Waals surface area contributed by atoms with Crippen molar-refractivity contribution in [3.8, 4) is 0 Å². The molecule has 1 saturated carbocycles. The van der Waals surface area contributed by atoms with Crippen molar-refractivity contribution in [3.63, 3.8) is 0 Å². The summed E-state index contributed by atoms with van der Waals surface area (Å²) in [6, 6.07) is 0. The first-order chi connectivity index (χ1) is 3.15. The van der Waals surface area contributed by atoms with Gasteiger partial charge in [0.15, 0.2) is 0 Å². The monoisotopic (exact) mass is 87.1 g/mol. The lowest BCUT2D eigenvalue weighted by molar-refractivity contribution is 0.403. The summed E-state index contributed by atoms with van der Waals surface area (Å²) in [6.45, 7) is 0. The Kier molecular flexibility index (Phi) is 0.631. The molecule has 1 fully saturated rings. The molecular weight excluding hydrogens is 78.8 g/mol. The molecule has 0 spiro atoms. The number of rotatable bonds is 1. The fourth-order valence-electron chi connectivity index (χ4n) is 0.330. The van der Waals surface area contributed by atoms with E-state index in [4.69, 9.17) is 11.4 Å². The second-order valence-corrected chi connectivity index (χ2v) is 1.53. The van der Waals surface area contributed by atoms with E-state index in [0.29, 0.717) is 12.8 Å². The largest absolute Gasteiger partial charge is 0.454 e. The summed E-state index contributed by atoms with van der Waals surface area (Å²) in [6.07, 6.45) is 1.26. The van der Waals surface area contributed by atoms with Crippen LogP contribution in [-0.2, 0) is 0 Å². The van der Waals surface area contributed by atoms with E-state index in [-0.39, 0.29) is 0 Å². The first-order valence-corrected chi connectivity index (χ1v) is 2.01. The van der Waals surface area contributed by atoms with Crippen LogP contribution in [0, 0.1) is 0 Å². The van der Waals surface area contributed by atoms with Gasteiger partial charge in [0.25, 0.3) is 0 Å². The lowest BCUT2D eigenvalue weighted by Gasteiger charge is -1.84. The van der Waals surface area contributed by atoms with Gasteiger partial charge in [-0.25, -0.2) is 0 Å². The fourth-order valence-corrected chi connectivity index (χ4v) is 0.330. The van der Waals surface area contributed by atoms with E-state index in [0.717, 1.165) is 0 Å². The lowest BCUT2D eigenvalue weighted by atomic mass is 9.84. The molecule has 2 N–H and O–H groups in total. The molecule has 0 heterocycles. The van der Waals surface area contributed by atoms with Crippen LogP contribution in [0.25, 0.3) is 0 Å². The van der Waals surface area contributed by atoms with Gasteiger partial charge in [0.2, 0.25) is 0 Å². The third-order valence-electron chi connectivity index (χ3n) is 0.904. The van der Waals surface area contributed by atoms with Crippen LogP contribution >= 0.6 is 0 Å². The Labute approximate surface area is 38.3 Å². The third-order valence-corrected chi connectivity index (χ3v) is 0.904. The van der Waals surface area contributed by atoms with Gasteiger partial charge in [-0.3, -0.25) is 0 Å². The predicted molar refractivity (Wildman–Crippen MR) is 23.2 cm³/mol. The van der Waals surface area contributed by atoms with E-state index in [9.17, 15) is 0 Å². The molecule has 0 bridgehead atoms. The lowest BCUT2D eigenvalue weighted by Crippen LogP contribution is -2.09. The average molecular weight is 86.9 g/mol. The van der Waals surface area contributed by atoms with Gasteiger partial charge in [0.1, 0.15) is 0 Å². The van der Waals surface area contributed by atoms with Crippen LogP contribution in [-0.4, -0.2) is 17.2 Å². The molecule has 1 aliphatic carbocycles. The van der Waals surface area contributed by atoms with Gasteiger partial charge in [-0.15, -0.1) is 0 Å². The van der Waals surface area contributed by atoms with E-state index >= 15 is 0 Å². The van der Waals surface area contributed by atoms with E-state index in [1.807, 2.05) is 0 Å². The van der Waals surface area contributed by atoms with E-state index in [1.54, 1.807) is 0 Å². The molecule has 0 aromatic heterocycles. The molecule has 0 atom stereocenters. The molecule has 0 unspecified atom stereocenters. The maximum atomic E-state index is 8.32. The van der Waals surface area contributed by atoms with E-state index < -0.39 is 12.9 Å². The summed E-state index contributed by atoms with van der Waals surface area (Å²) in [7, 11) is -1.42. The van der Waals surface area contributed by atoms with Gasteiger partial charge in [0.05, 0.1) is 0 Å². The van der Waals surface area contributed by atoms with Crippen molar-refractivity contribution in [2.45, 2.75) is 18.6 Å². The van der Waals surface area contributed by atoms with Gasteiger partial charge in [-0.05, 0) is 5.79 Å².